The zero-order valence-corrected chi connectivity index (χ0v) is 13.1. The molecule has 3 aromatic rings. The first-order valence-electron chi connectivity index (χ1n) is 7.34. The van der Waals surface area contributed by atoms with Gasteiger partial charge in [-0.25, -0.2) is 4.79 Å². The summed E-state index contributed by atoms with van der Waals surface area (Å²) in [5.41, 5.74) is 0.568. The predicted octanol–water partition coefficient (Wildman–Crippen LogP) is 2.69. The smallest absolute Gasteiger partial charge is 0.387 e. The number of benzene rings is 2. The summed E-state index contributed by atoms with van der Waals surface area (Å²) in [5, 5.41) is 9.49. The molecule has 2 aromatic carbocycles. The van der Waals surface area contributed by atoms with Crippen LogP contribution in [0, 0.1) is 0 Å². The molecule has 0 bridgehead atoms. The molecular weight excluding hydrogens is 334 g/mol. The molecule has 8 heteroatoms. The van der Waals surface area contributed by atoms with Crippen molar-refractivity contribution in [1.29, 1.82) is 0 Å². The zero-order valence-electron chi connectivity index (χ0n) is 13.1. The zero-order chi connectivity index (χ0) is 18.1. The van der Waals surface area contributed by atoms with Crippen LogP contribution < -0.4 is 10.3 Å². The summed E-state index contributed by atoms with van der Waals surface area (Å²) in [5.74, 6) is -1.12. The fourth-order valence-corrected chi connectivity index (χ4v) is 2.70. The highest BCUT2D eigenvalue weighted by atomic mass is 19.3. The number of carbonyl (C=O) groups is 1. The first-order valence-corrected chi connectivity index (χ1v) is 7.34. The van der Waals surface area contributed by atoms with Crippen molar-refractivity contribution in [3.8, 4) is 5.75 Å². The topological polar surface area (TPSA) is 73.5 Å². The van der Waals surface area contributed by atoms with Crippen molar-refractivity contribution >= 4 is 16.9 Å². The number of fused-ring (bicyclic) bond motifs is 1. The van der Waals surface area contributed by atoms with Gasteiger partial charge in [0.2, 0.25) is 0 Å². The first-order chi connectivity index (χ1) is 11.9. The van der Waals surface area contributed by atoms with Crippen LogP contribution in [0.3, 0.4) is 0 Å². The van der Waals surface area contributed by atoms with Crippen molar-refractivity contribution in [3.05, 3.63) is 63.9 Å². The van der Waals surface area contributed by atoms with E-state index in [0.717, 1.165) is 0 Å². The molecule has 0 spiro atoms. The molecule has 0 fully saturated rings. The van der Waals surface area contributed by atoms with Crippen LogP contribution in [-0.4, -0.2) is 27.1 Å². The van der Waals surface area contributed by atoms with E-state index in [1.54, 1.807) is 18.2 Å². The molecule has 1 aromatic heterocycles. The molecule has 0 atom stereocenters. The van der Waals surface area contributed by atoms with Crippen LogP contribution >= 0.6 is 0 Å². The maximum atomic E-state index is 12.6. The van der Waals surface area contributed by atoms with Gasteiger partial charge < -0.3 is 9.84 Å². The molecule has 0 saturated carbocycles. The van der Waals surface area contributed by atoms with E-state index in [-0.39, 0.29) is 23.4 Å². The highest BCUT2D eigenvalue weighted by Crippen LogP contribution is 2.23. The summed E-state index contributed by atoms with van der Waals surface area (Å²) in [6.45, 7) is -2.90. The number of ether oxygens (including phenoxy) is 1. The summed E-state index contributed by atoms with van der Waals surface area (Å²) in [6, 6.07) is 10.4. The molecule has 0 aliphatic heterocycles. The molecule has 0 aliphatic carbocycles. The third-order valence-electron chi connectivity index (χ3n) is 3.92. The molecule has 1 heterocycles. The number of carboxylic acids is 1. The van der Waals surface area contributed by atoms with Crippen molar-refractivity contribution in [3.63, 3.8) is 0 Å². The van der Waals surface area contributed by atoms with Gasteiger partial charge in [-0.1, -0.05) is 18.2 Å². The predicted molar refractivity (Wildman–Crippen MR) is 86.3 cm³/mol. The normalized spacial score (nSPS) is 11.2. The number of para-hydroxylation sites is 1. The lowest BCUT2D eigenvalue weighted by Gasteiger charge is -2.13. The standard InChI is InChI=1S/C17H14F2N2O4/c1-20-15(22)12-7-6-10(16(23)24)8-13(12)21(20)9-11-4-2-3-5-14(11)25-17(18)19/h2-8,17H,9H2,1H3,(H,23,24). The van der Waals surface area contributed by atoms with E-state index in [1.165, 1.54) is 40.7 Å². The number of alkyl halides is 2. The highest BCUT2D eigenvalue weighted by Gasteiger charge is 2.16. The van der Waals surface area contributed by atoms with Gasteiger partial charge in [0.05, 0.1) is 23.0 Å². The van der Waals surface area contributed by atoms with E-state index in [1.807, 2.05) is 0 Å². The maximum absolute atomic E-state index is 12.6. The number of rotatable bonds is 5. The molecule has 0 aliphatic rings. The van der Waals surface area contributed by atoms with Crippen LogP contribution in [0.25, 0.3) is 10.9 Å². The second-order valence-corrected chi connectivity index (χ2v) is 5.41. The Labute approximate surface area is 140 Å². The number of hydrogen-bond acceptors (Lipinski definition) is 3. The summed E-state index contributed by atoms with van der Waals surface area (Å²) in [6.07, 6.45) is 0. The number of carboxylic acid groups (broad SMARTS) is 1. The van der Waals surface area contributed by atoms with E-state index >= 15 is 0 Å². The Morgan fingerprint density at radius 3 is 2.64 bits per heavy atom. The Kier molecular flexibility index (Phi) is 4.26. The average molecular weight is 348 g/mol. The maximum Gasteiger partial charge on any atom is 0.387 e. The number of hydrogen-bond donors (Lipinski definition) is 1. The number of aromatic nitrogens is 2. The molecule has 0 saturated heterocycles. The second-order valence-electron chi connectivity index (χ2n) is 5.41. The van der Waals surface area contributed by atoms with Crippen LogP contribution in [0.5, 0.6) is 5.75 Å². The molecule has 6 nitrogen and oxygen atoms in total. The van der Waals surface area contributed by atoms with Gasteiger partial charge in [0.15, 0.2) is 0 Å². The fraction of sp³-hybridized carbons (Fsp3) is 0.176. The first kappa shape index (κ1) is 16.7. The van der Waals surface area contributed by atoms with Crippen molar-refractivity contribution < 1.29 is 23.4 Å². The van der Waals surface area contributed by atoms with Gasteiger partial charge in [-0.3, -0.25) is 14.2 Å². The summed E-state index contributed by atoms with van der Waals surface area (Å²) < 4.78 is 32.5. The molecular formula is C17H14F2N2O4. The lowest BCUT2D eigenvalue weighted by Crippen LogP contribution is -2.20. The SMILES string of the molecule is Cn1c(=O)c2ccc(C(=O)O)cc2n1Cc1ccccc1OC(F)F. The third kappa shape index (κ3) is 3.10. The van der Waals surface area contributed by atoms with E-state index < -0.39 is 12.6 Å². The minimum absolute atomic E-state index is 0.00110. The highest BCUT2D eigenvalue weighted by molar-refractivity contribution is 5.93. The molecule has 0 radical (unpaired) electrons. The van der Waals surface area contributed by atoms with E-state index in [4.69, 9.17) is 5.11 Å². The second kappa shape index (κ2) is 6.39. The minimum Gasteiger partial charge on any atom is -0.478 e. The molecule has 25 heavy (non-hydrogen) atoms. The van der Waals surface area contributed by atoms with Crippen LogP contribution in [0.15, 0.2) is 47.3 Å². The van der Waals surface area contributed by atoms with Crippen LogP contribution in [0.1, 0.15) is 15.9 Å². The Balaban J connectivity index is 2.13. The summed E-state index contributed by atoms with van der Waals surface area (Å²) in [7, 11) is 1.53. The van der Waals surface area contributed by atoms with Crippen LogP contribution in [-0.2, 0) is 13.6 Å². The number of aromatic carboxylic acids is 1. The fourth-order valence-electron chi connectivity index (χ4n) is 2.70. The van der Waals surface area contributed by atoms with E-state index in [2.05, 4.69) is 4.74 Å². The minimum atomic E-state index is -2.97. The van der Waals surface area contributed by atoms with Crippen LogP contribution in [0.4, 0.5) is 8.78 Å². The number of halogens is 2. The largest absolute Gasteiger partial charge is 0.478 e. The molecule has 130 valence electrons. The molecule has 0 unspecified atom stereocenters. The lowest BCUT2D eigenvalue weighted by molar-refractivity contribution is -0.0505. The molecule has 1 N–H and O–H groups in total. The van der Waals surface area contributed by atoms with Gasteiger partial charge in [0, 0.05) is 12.6 Å². The van der Waals surface area contributed by atoms with Gasteiger partial charge >= 0.3 is 12.6 Å². The van der Waals surface area contributed by atoms with Gasteiger partial charge in [-0.2, -0.15) is 8.78 Å². The number of nitrogens with zero attached hydrogens (tertiary/aromatic N) is 2. The van der Waals surface area contributed by atoms with Gasteiger partial charge in [0.1, 0.15) is 5.75 Å². The monoisotopic (exact) mass is 348 g/mol. The van der Waals surface area contributed by atoms with Gasteiger partial charge in [-0.15, -0.1) is 0 Å². The Hall–Kier alpha value is -3.16. The van der Waals surface area contributed by atoms with Gasteiger partial charge in [0.25, 0.3) is 5.56 Å². The third-order valence-corrected chi connectivity index (χ3v) is 3.92. The Bertz CT molecular complexity index is 1010. The van der Waals surface area contributed by atoms with Crippen molar-refractivity contribution in [1.82, 2.24) is 9.36 Å². The Morgan fingerprint density at radius 2 is 1.96 bits per heavy atom. The Morgan fingerprint density at radius 1 is 1.24 bits per heavy atom. The van der Waals surface area contributed by atoms with Crippen molar-refractivity contribution in [2.45, 2.75) is 13.2 Å². The molecule has 3 rings (SSSR count). The van der Waals surface area contributed by atoms with Crippen molar-refractivity contribution in [2.24, 2.45) is 7.05 Å². The average Bonchev–Trinajstić information content (AvgIpc) is 2.80. The summed E-state index contributed by atoms with van der Waals surface area (Å²) in [4.78, 5) is 23.5. The molecule has 0 amide bonds. The quantitative estimate of drug-likeness (QED) is 0.769. The summed E-state index contributed by atoms with van der Waals surface area (Å²) >= 11 is 0. The van der Waals surface area contributed by atoms with Crippen molar-refractivity contribution in [2.75, 3.05) is 0 Å². The van der Waals surface area contributed by atoms with E-state index in [0.29, 0.717) is 16.5 Å². The van der Waals surface area contributed by atoms with Gasteiger partial charge in [-0.05, 0) is 24.3 Å². The van der Waals surface area contributed by atoms with E-state index in [9.17, 15) is 18.4 Å². The van der Waals surface area contributed by atoms with Crippen LogP contribution in [0.2, 0.25) is 0 Å². The lowest BCUT2D eigenvalue weighted by atomic mass is 10.1.